The van der Waals surface area contributed by atoms with Crippen molar-refractivity contribution >= 4 is 17.3 Å². The fourth-order valence-corrected chi connectivity index (χ4v) is 4.46. The third kappa shape index (κ3) is 5.79. The summed E-state index contributed by atoms with van der Waals surface area (Å²) in [6.07, 6.45) is 5.14. The van der Waals surface area contributed by atoms with Gasteiger partial charge in [-0.3, -0.25) is 9.89 Å². The normalized spacial score (nSPS) is 15.9. The lowest BCUT2D eigenvalue weighted by Gasteiger charge is -2.34. The van der Waals surface area contributed by atoms with Crippen molar-refractivity contribution in [1.82, 2.24) is 20.5 Å². The molecule has 0 bridgehead atoms. The second kappa shape index (κ2) is 10.6. The first-order chi connectivity index (χ1) is 13.7. The van der Waals surface area contributed by atoms with Crippen LogP contribution in [0.4, 0.5) is 0 Å². The summed E-state index contributed by atoms with van der Waals surface area (Å²) in [7, 11) is 0. The van der Waals surface area contributed by atoms with Crippen LogP contribution in [0.5, 0.6) is 0 Å². The van der Waals surface area contributed by atoms with Crippen LogP contribution in [0.25, 0.3) is 0 Å². The zero-order chi connectivity index (χ0) is 19.8. The van der Waals surface area contributed by atoms with Gasteiger partial charge in [0.1, 0.15) is 0 Å². The number of aliphatic imine (C=N–C) groups is 1. The highest BCUT2D eigenvalue weighted by molar-refractivity contribution is 7.11. The van der Waals surface area contributed by atoms with E-state index in [0.717, 1.165) is 57.9 Å². The smallest absolute Gasteiger partial charge is 0.191 e. The highest BCUT2D eigenvalue weighted by atomic mass is 32.1. The number of aromatic nitrogens is 1. The summed E-state index contributed by atoms with van der Waals surface area (Å²) in [5.41, 5.74) is 2.98. The SMILES string of the molecule is CCNC(=NCC(CC)N1CCc2ccccc2C1)NCCc1ncc(C)s1. The van der Waals surface area contributed by atoms with Crippen LogP contribution >= 0.6 is 11.3 Å². The summed E-state index contributed by atoms with van der Waals surface area (Å²) in [4.78, 5) is 13.2. The van der Waals surface area contributed by atoms with Gasteiger partial charge in [0.2, 0.25) is 0 Å². The first kappa shape index (κ1) is 20.8. The zero-order valence-electron chi connectivity index (χ0n) is 17.4. The van der Waals surface area contributed by atoms with E-state index < -0.39 is 0 Å². The third-order valence-electron chi connectivity index (χ3n) is 5.25. The number of thiazole rings is 1. The van der Waals surface area contributed by atoms with Crippen molar-refractivity contribution < 1.29 is 0 Å². The summed E-state index contributed by atoms with van der Waals surface area (Å²) >= 11 is 1.77. The van der Waals surface area contributed by atoms with Crippen LogP contribution in [-0.2, 0) is 19.4 Å². The van der Waals surface area contributed by atoms with Crippen LogP contribution in [0.2, 0.25) is 0 Å². The Morgan fingerprint density at radius 2 is 2.07 bits per heavy atom. The maximum Gasteiger partial charge on any atom is 0.191 e. The Hall–Kier alpha value is -1.92. The minimum atomic E-state index is 0.477. The highest BCUT2D eigenvalue weighted by Gasteiger charge is 2.22. The van der Waals surface area contributed by atoms with Crippen molar-refractivity contribution in [2.75, 3.05) is 26.2 Å². The van der Waals surface area contributed by atoms with Crippen LogP contribution in [0.3, 0.4) is 0 Å². The van der Waals surface area contributed by atoms with Crippen molar-refractivity contribution in [2.45, 2.75) is 52.6 Å². The maximum absolute atomic E-state index is 4.89. The highest BCUT2D eigenvalue weighted by Crippen LogP contribution is 2.21. The molecule has 0 saturated heterocycles. The predicted molar refractivity (Wildman–Crippen MR) is 119 cm³/mol. The second-order valence-corrected chi connectivity index (χ2v) is 8.63. The predicted octanol–water partition coefficient (Wildman–Crippen LogP) is 3.39. The van der Waals surface area contributed by atoms with E-state index in [2.05, 4.69) is 65.6 Å². The number of guanidine groups is 1. The molecule has 2 N–H and O–H groups in total. The Kier molecular flexibility index (Phi) is 7.86. The van der Waals surface area contributed by atoms with Gasteiger partial charge in [-0.05, 0) is 37.8 Å². The largest absolute Gasteiger partial charge is 0.357 e. The summed E-state index contributed by atoms with van der Waals surface area (Å²) < 4.78 is 0. The summed E-state index contributed by atoms with van der Waals surface area (Å²) in [5, 5.41) is 8.02. The van der Waals surface area contributed by atoms with Gasteiger partial charge in [0.05, 0.1) is 11.6 Å². The molecule has 0 radical (unpaired) electrons. The van der Waals surface area contributed by atoms with Crippen LogP contribution < -0.4 is 10.6 Å². The minimum Gasteiger partial charge on any atom is -0.357 e. The Morgan fingerprint density at radius 3 is 2.79 bits per heavy atom. The van der Waals surface area contributed by atoms with Gasteiger partial charge in [-0.1, -0.05) is 31.2 Å². The molecule has 5 nitrogen and oxygen atoms in total. The number of rotatable bonds is 8. The van der Waals surface area contributed by atoms with Crippen LogP contribution in [-0.4, -0.2) is 48.1 Å². The first-order valence-corrected chi connectivity index (χ1v) is 11.3. The molecule has 3 rings (SSSR count). The summed E-state index contributed by atoms with van der Waals surface area (Å²) in [5.74, 6) is 0.909. The van der Waals surface area contributed by atoms with Crippen molar-refractivity contribution in [3.05, 3.63) is 51.5 Å². The number of nitrogens with zero attached hydrogens (tertiary/aromatic N) is 3. The number of hydrogen-bond donors (Lipinski definition) is 2. The molecule has 28 heavy (non-hydrogen) atoms. The van der Waals surface area contributed by atoms with Crippen molar-refractivity contribution in [1.29, 1.82) is 0 Å². The Balaban J connectivity index is 1.54. The number of hydrogen-bond acceptors (Lipinski definition) is 4. The number of fused-ring (bicyclic) bond motifs is 1. The zero-order valence-corrected chi connectivity index (χ0v) is 18.2. The van der Waals surface area contributed by atoms with E-state index in [1.807, 2.05) is 6.20 Å². The summed E-state index contributed by atoms with van der Waals surface area (Å²) in [6, 6.07) is 9.31. The maximum atomic E-state index is 4.89. The topological polar surface area (TPSA) is 52.6 Å². The molecule has 152 valence electrons. The van der Waals surface area contributed by atoms with Crippen LogP contribution in [0.1, 0.15) is 41.3 Å². The van der Waals surface area contributed by atoms with Crippen molar-refractivity contribution in [3.63, 3.8) is 0 Å². The van der Waals surface area contributed by atoms with E-state index in [-0.39, 0.29) is 0 Å². The molecule has 2 heterocycles. The monoisotopic (exact) mass is 399 g/mol. The van der Waals surface area contributed by atoms with Gasteiger partial charge in [-0.15, -0.1) is 11.3 Å². The van der Waals surface area contributed by atoms with E-state index >= 15 is 0 Å². The fourth-order valence-electron chi connectivity index (χ4n) is 3.68. The Labute approximate surface area is 173 Å². The van der Waals surface area contributed by atoms with E-state index in [4.69, 9.17) is 4.99 Å². The Morgan fingerprint density at radius 1 is 1.25 bits per heavy atom. The molecule has 0 fully saturated rings. The molecule has 2 aromatic rings. The van der Waals surface area contributed by atoms with Crippen molar-refractivity contribution in [2.24, 2.45) is 4.99 Å². The standard InChI is InChI=1S/C22H33N5S/c1-4-20(27-13-11-18-8-6-7-9-19(18)16-27)15-26-22(23-5-2)24-12-10-21-25-14-17(3)28-21/h6-9,14,20H,4-5,10-13,15-16H2,1-3H3,(H2,23,24,26). The van der Waals surface area contributed by atoms with Gasteiger partial charge in [-0.2, -0.15) is 0 Å². The lowest BCUT2D eigenvalue weighted by atomic mass is 9.98. The minimum absolute atomic E-state index is 0.477. The van der Waals surface area contributed by atoms with Gasteiger partial charge in [0, 0.05) is 49.7 Å². The number of benzene rings is 1. The molecule has 1 aromatic heterocycles. The summed E-state index contributed by atoms with van der Waals surface area (Å²) in [6.45, 7) is 11.2. The fraction of sp³-hybridized carbons (Fsp3) is 0.545. The average Bonchev–Trinajstić information content (AvgIpc) is 3.13. The molecule has 0 amide bonds. The van der Waals surface area contributed by atoms with E-state index in [0.29, 0.717) is 6.04 Å². The molecule has 0 saturated carbocycles. The number of nitrogens with one attached hydrogen (secondary N) is 2. The van der Waals surface area contributed by atoms with Crippen molar-refractivity contribution in [3.8, 4) is 0 Å². The molecule has 1 unspecified atom stereocenters. The average molecular weight is 400 g/mol. The lowest BCUT2D eigenvalue weighted by Crippen LogP contribution is -2.43. The van der Waals surface area contributed by atoms with Crippen LogP contribution in [0.15, 0.2) is 35.5 Å². The molecule has 6 heteroatoms. The third-order valence-corrected chi connectivity index (χ3v) is 6.23. The van der Waals surface area contributed by atoms with Gasteiger partial charge >= 0.3 is 0 Å². The van der Waals surface area contributed by atoms with Gasteiger partial charge in [-0.25, -0.2) is 4.98 Å². The van der Waals surface area contributed by atoms with E-state index in [9.17, 15) is 0 Å². The molecule has 1 aromatic carbocycles. The van der Waals surface area contributed by atoms with E-state index in [1.165, 1.54) is 21.0 Å². The molecular formula is C22H33N5S. The van der Waals surface area contributed by atoms with E-state index in [1.54, 1.807) is 11.3 Å². The van der Waals surface area contributed by atoms with Gasteiger partial charge < -0.3 is 10.6 Å². The van der Waals surface area contributed by atoms with Gasteiger partial charge in [0.25, 0.3) is 0 Å². The molecule has 0 aliphatic carbocycles. The molecule has 1 atom stereocenters. The number of aryl methyl sites for hydroxylation is 1. The molecule has 1 aliphatic heterocycles. The molecular weight excluding hydrogens is 366 g/mol. The Bertz CT molecular complexity index is 770. The second-order valence-electron chi connectivity index (χ2n) is 7.31. The van der Waals surface area contributed by atoms with Gasteiger partial charge in [0.15, 0.2) is 5.96 Å². The van der Waals surface area contributed by atoms with Crippen LogP contribution in [0, 0.1) is 6.92 Å². The quantitative estimate of drug-likeness (QED) is 0.528. The lowest BCUT2D eigenvalue weighted by molar-refractivity contribution is 0.178. The first-order valence-electron chi connectivity index (χ1n) is 10.4. The molecule has 1 aliphatic rings. The molecule has 0 spiro atoms.